The number of halogens is 2. The molecule has 3 N–H and O–H groups in total. The standard InChI is InChI=1S/C16H13ClIN3/c1-9-3-2-4-10(7-9)14-15(20-21-16(14)19)11-5-6-13(18)12(17)8-11/h2-8H,1H3,(H3,19,20,21). The molecule has 3 rings (SSSR count). The Bertz CT molecular complexity index is 811. The highest BCUT2D eigenvalue weighted by Gasteiger charge is 2.15. The van der Waals surface area contributed by atoms with E-state index in [1.807, 2.05) is 30.3 Å². The lowest BCUT2D eigenvalue weighted by molar-refractivity contribution is 1.10. The lowest BCUT2D eigenvalue weighted by Crippen LogP contribution is -1.89. The Morgan fingerprint density at radius 3 is 2.67 bits per heavy atom. The van der Waals surface area contributed by atoms with E-state index in [-0.39, 0.29) is 0 Å². The topological polar surface area (TPSA) is 54.7 Å². The Morgan fingerprint density at radius 1 is 1.14 bits per heavy atom. The molecule has 0 aliphatic heterocycles. The minimum Gasteiger partial charge on any atom is -0.382 e. The molecule has 21 heavy (non-hydrogen) atoms. The van der Waals surface area contributed by atoms with Crippen molar-refractivity contribution in [2.24, 2.45) is 0 Å². The predicted molar refractivity (Wildman–Crippen MR) is 96.3 cm³/mol. The van der Waals surface area contributed by atoms with E-state index >= 15 is 0 Å². The van der Waals surface area contributed by atoms with Gasteiger partial charge in [0, 0.05) is 9.13 Å². The number of nitrogens with zero attached hydrogens (tertiary/aromatic N) is 1. The highest BCUT2D eigenvalue weighted by atomic mass is 127. The fourth-order valence-electron chi connectivity index (χ4n) is 2.31. The summed E-state index contributed by atoms with van der Waals surface area (Å²) in [5.74, 6) is 0.491. The van der Waals surface area contributed by atoms with Gasteiger partial charge in [-0.1, -0.05) is 47.5 Å². The number of nitrogens with two attached hydrogens (primary N) is 1. The third-order valence-electron chi connectivity index (χ3n) is 3.31. The third kappa shape index (κ3) is 2.78. The average molecular weight is 410 g/mol. The van der Waals surface area contributed by atoms with Crippen LogP contribution in [0.2, 0.25) is 5.02 Å². The van der Waals surface area contributed by atoms with E-state index in [4.69, 9.17) is 17.3 Å². The van der Waals surface area contributed by atoms with Crippen LogP contribution >= 0.6 is 34.2 Å². The number of aryl methyl sites for hydroxylation is 1. The lowest BCUT2D eigenvalue weighted by Gasteiger charge is -2.07. The maximum Gasteiger partial charge on any atom is 0.153 e. The molecule has 0 unspecified atom stereocenters. The molecule has 0 aliphatic carbocycles. The van der Waals surface area contributed by atoms with Crippen molar-refractivity contribution in [2.45, 2.75) is 6.92 Å². The van der Waals surface area contributed by atoms with Crippen molar-refractivity contribution in [3.8, 4) is 22.4 Å². The van der Waals surface area contributed by atoms with Gasteiger partial charge in [0.15, 0.2) is 5.82 Å². The number of hydrogen-bond acceptors (Lipinski definition) is 2. The molecule has 0 spiro atoms. The summed E-state index contributed by atoms with van der Waals surface area (Å²) in [6, 6.07) is 14.1. The molecule has 0 saturated heterocycles. The Balaban J connectivity index is 2.19. The maximum absolute atomic E-state index is 6.22. The Morgan fingerprint density at radius 2 is 1.95 bits per heavy atom. The molecule has 0 aliphatic rings. The summed E-state index contributed by atoms with van der Waals surface area (Å²) >= 11 is 8.43. The molecule has 1 heterocycles. The fourth-order valence-corrected chi connectivity index (χ4v) is 2.83. The van der Waals surface area contributed by atoms with E-state index in [0.717, 1.165) is 31.0 Å². The number of rotatable bonds is 2. The van der Waals surface area contributed by atoms with Gasteiger partial charge in [-0.2, -0.15) is 5.10 Å². The van der Waals surface area contributed by atoms with E-state index in [1.54, 1.807) is 0 Å². The summed E-state index contributed by atoms with van der Waals surface area (Å²) in [6.07, 6.45) is 0. The van der Waals surface area contributed by atoms with Gasteiger partial charge >= 0.3 is 0 Å². The van der Waals surface area contributed by atoms with Crippen molar-refractivity contribution in [1.29, 1.82) is 0 Å². The van der Waals surface area contributed by atoms with E-state index in [9.17, 15) is 0 Å². The molecule has 2 aromatic carbocycles. The van der Waals surface area contributed by atoms with Gasteiger partial charge in [-0.15, -0.1) is 0 Å². The van der Waals surface area contributed by atoms with E-state index in [2.05, 4.69) is 51.8 Å². The Kier molecular flexibility index (Phi) is 3.91. The highest BCUT2D eigenvalue weighted by molar-refractivity contribution is 14.1. The van der Waals surface area contributed by atoms with Gasteiger partial charge in [-0.3, -0.25) is 5.10 Å². The van der Waals surface area contributed by atoms with Gasteiger partial charge in [0.05, 0.1) is 16.3 Å². The van der Waals surface area contributed by atoms with Crippen LogP contribution in [0.25, 0.3) is 22.4 Å². The van der Waals surface area contributed by atoms with Crippen LogP contribution in [0.4, 0.5) is 5.82 Å². The average Bonchev–Trinajstić information content (AvgIpc) is 2.84. The monoisotopic (exact) mass is 409 g/mol. The molecule has 0 bridgehead atoms. The second-order valence-electron chi connectivity index (χ2n) is 4.86. The second kappa shape index (κ2) is 5.69. The van der Waals surface area contributed by atoms with E-state index in [0.29, 0.717) is 5.82 Å². The zero-order valence-corrected chi connectivity index (χ0v) is 14.2. The molecule has 3 aromatic rings. The minimum absolute atomic E-state index is 0.491. The van der Waals surface area contributed by atoms with E-state index in [1.165, 1.54) is 5.56 Å². The van der Waals surface area contributed by atoms with Gasteiger partial charge in [-0.05, 0) is 47.2 Å². The van der Waals surface area contributed by atoms with Crippen LogP contribution in [0.5, 0.6) is 0 Å². The third-order valence-corrected chi connectivity index (χ3v) is 4.88. The quantitative estimate of drug-likeness (QED) is 0.592. The van der Waals surface area contributed by atoms with Crippen LogP contribution in [0.3, 0.4) is 0 Å². The second-order valence-corrected chi connectivity index (χ2v) is 6.43. The number of anilines is 1. The summed E-state index contributed by atoms with van der Waals surface area (Å²) in [6.45, 7) is 2.06. The van der Waals surface area contributed by atoms with Crippen molar-refractivity contribution in [3.63, 3.8) is 0 Å². The summed E-state index contributed by atoms with van der Waals surface area (Å²) in [4.78, 5) is 0. The molecule has 0 fully saturated rings. The van der Waals surface area contributed by atoms with Crippen molar-refractivity contribution in [1.82, 2.24) is 10.2 Å². The summed E-state index contributed by atoms with van der Waals surface area (Å²) in [5, 5.41) is 7.90. The summed E-state index contributed by atoms with van der Waals surface area (Å²) in [7, 11) is 0. The molecular weight excluding hydrogens is 397 g/mol. The predicted octanol–water partition coefficient (Wildman–Crippen LogP) is 4.89. The van der Waals surface area contributed by atoms with Crippen LogP contribution in [0.15, 0.2) is 42.5 Å². The zero-order valence-electron chi connectivity index (χ0n) is 11.3. The molecule has 0 atom stereocenters. The van der Waals surface area contributed by atoms with Crippen molar-refractivity contribution in [3.05, 3.63) is 56.6 Å². The first-order valence-corrected chi connectivity index (χ1v) is 7.88. The van der Waals surface area contributed by atoms with Crippen LogP contribution < -0.4 is 5.73 Å². The molecule has 3 nitrogen and oxygen atoms in total. The van der Waals surface area contributed by atoms with Gasteiger partial charge in [-0.25, -0.2) is 0 Å². The molecule has 0 amide bonds. The lowest BCUT2D eigenvalue weighted by atomic mass is 9.99. The first-order valence-electron chi connectivity index (χ1n) is 6.42. The largest absolute Gasteiger partial charge is 0.382 e. The number of nitrogens with one attached hydrogen (secondary N) is 1. The van der Waals surface area contributed by atoms with Crippen LogP contribution in [0, 0.1) is 10.5 Å². The molecule has 5 heteroatoms. The fraction of sp³-hybridized carbons (Fsp3) is 0.0625. The van der Waals surface area contributed by atoms with Crippen LogP contribution in [-0.2, 0) is 0 Å². The van der Waals surface area contributed by atoms with Gasteiger partial charge in [0.2, 0.25) is 0 Å². The van der Waals surface area contributed by atoms with Gasteiger partial charge in [0.25, 0.3) is 0 Å². The molecule has 0 saturated carbocycles. The Labute approximate surface area is 141 Å². The van der Waals surface area contributed by atoms with Crippen molar-refractivity contribution < 1.29 is 0 Å². The molecule has 106 valence electrons. The maximum atomic E-state index is 6.22. The number of benzene rings is 2. The number of nitrogen functional groups attached to an aromatic ring is 1. The first-order chi connectivity index (χ1) is 10.1. The number of aromatic nitrogens is 2. The van der Waals surface area contributed by atoms with Crippen molar-refractivity contribution >= 4 is 40.0 Å². The number of hydrogen-bond donors (Lipinski definition) is 2. The van der Waals surface area contributed by atoms with Crippen LogP contribution in [-0.4, -0.2) is 10.2 Å². The Hall–Kier alpha value is -1.53. The normalized spacial score (nSPS) is 10.8. The summed E-state index contributed by atoms with van der Waals surface area (Å²) < 4.78 is 1.02. The van der Waals surface area contributed by atoms with Crippen molar-refractivity contribution in [2.75, 3.05) is 5.73 Å². The number of H-pyrrole nitrogens is 1. The smallest absolute Gasteiger partial charge is 0.153 e. The van der Waals surface area contributed by atoms with Crippen LogP contribution in [0.1, 0.15) is 5.56 Å². The number of aromatic amines is 1. The minimum atomic E-state index is 0.491. The first kappa shape index (κ1) is 14.4. The molecular formula is C16H13ClIN3. The van der Waals surface area contributed by atoms with Gasteiger partial charge < -0.3 is 5.73 Å². The van der Waals surface area contributed by atoms with E-state index < -0.39 is 0 Å². The molecule has 0 radical (unpaired) electrons. The van der Waals surface area contributed by atoms with Gasteiger partial charge in [0.1, 0.15) is 0 Å². The summed E-state index contributed by atoms with van der Waals surface area (Å²) in [5.41, 5.74) is 11.1. The highest BCUT2D eigenvalue weighted by Crippen LogP contribution is 2.36. The SMILES string of the molecule is Cc1cccc(-c2c(N)n[nH]c2-c2ccc(I)c(Cl)c2)c1. The zero-order chi connectivity index (χ0) is 15.0. The molecule has 1 aromatic heterocycles.